The highest BCUT2D eigenvalue weighted by molar-refractivity contribution is 9.10. The number of nitrogens with one attached hydrogen (secondary N) is 1. The molecule has 1 heterocycles. The number of hydrogen-bond acceptors (Lipinski definition) is 4. The van der Waals surface area contributed by atoms with E-state index < -0.39 is 0 Å². The third-order valence-electron chi connectivity index (χ3n) is 2.43. The Hall–Kier alpha value is -0.750. The summed E-state index contributed by atoms with van der Waals surface area (Å²) < 4.78 is 6.29. The summed E-state index contributed by atoms with van der Waals surface area (Å²) >= 11 is 21.3. The first-order valence-corrected chi connectivity index (χ1v) is 8.02. The minimum Gasteiger partial charge on any atom is -0.436 e. The second-order valence-electron chi connectivity index (χ2n) is 4.07. The highest BCUT2D eigenvalue weighted by Crippen LogP contribution is 2.37. The molecule has 4 nitrogen and oxygen atoms in total. The highest BCUT2D eigenvalue weighted by Gasteiger charge is 2.12. The highest BCUT2D eigenvalue weighted by atomic mass is 79.9. The van der Waals surface area contributed by atoms with Crippen LogP contribution in [0, 0.1) is 0 Å². The van der Waals surface area contributed by atoms with Crippen molar-refractivity contribution in [3.8, 4) is 11.6 Å². The number of nitrogens with zero attached hydrogens (tertiary/aromatic N) is 2. The van der Waals surface area contributed by atoms with Gasteiger partial charge in [0, 0.05) is 12.6 Å². The fourth-order valence-electron chi connectivity index (χ4n) is 1.43. The van der Waals surface area contributed by atoms with Gasteiger partial charge in [0.1, 0.15) is 5.75 Å². The van der Waals surface area contributed by atoms with Crippen LogP contribution >= 0.6 is 50.7 Å². The van der Waals surface area contributed by atoms with Gasteiger partial charge in [-0.3, -0.25) is 0 Å². The lowest BCUT2D eigenvalue weighted by atomic mass is 10.3. The maximum atomic E-state index is 6.08. The molecule has 0 radical (unpaired) electrons. The van der Waals surface area contributed by atoms with Crippen LogP contribution in [0.1, 0.15) is 13.3 Å². The Kier molecular flexibility index (Phi) is 5.93. The fraction of sp³-hybridized carbons (Fsp3) is 0.231. The molecule has 0 spiro atoms. The van der Waals surface area contributed by atoms with Crippen LogP contribution in [-0.4, -0.2) is 16.5 Å². The van der Waals surface area contributed by atoms with E-state index in [9.17, 15) is 0 Å². The van der Waals surface area contributed by atoms with Crippen molar-refractivity contribution in [2.24, 2.45) is 0 Å². The fourth-order valence-corrected chi connectivity index (χ4v) is 2.28. The second-order valence-corrected chi connectivity index (χ2v) is 6.15. The predicted octanol–water partition coefficient (Wildman–Crippen LogP) is 5.81. The molecule has 1 aromatic heterocycles. The van der Waals surface area contributed by atoms with Gasteiger partial charge in [-0.2, -0.15) is 4.98 Å². The summed E-state index contributed by atoms with van der Waals surface area (Å²) in [6.07, 6.45) is 2.57. The number of ether oxygens (including phenoxy) is 1. The molecule has 0 saturated carbocycles. The maximum Gasteiger partial charge on any atom is 0.238 e. The Labute approximate surface area is 145 Å². The van der Waals surface area contributed by atoms with E-state index in [4.69, 9.17) is 39.5 Å². The van der Waals surface area contributed by atoms with Gasteiger partial charge in [-0.1, -0.05) is 41.7 Å². The Morgan fingerprint density at radius 2 is 1.90 bits per heavy atom. The number of benzene rings is 1. The molecule has 21 heavy (non-hydrogen) atoms. The zero-order valence-corrected chi connectivity index (χ0v) is 14.8. The van der Waals surface area contributed by atoms with E-state index in [-0.39, 0.29) is 0 Å². The Morgan fingerprint density at radius 3 is 2.62 bits per heavy atom. The first kappa shape index (κ1) is 16.6. The van der Waals surface area contributed by atoms with Crippen LogP contribution in [0.2, 0.25) is 15.1 Å². The Balaban J connectivity index is 2.28. The standard InChI is InChI=1S/C13H11BrCl3N3O/c1-2-3-18-13-19-6-7(14)12(20-13)21-11-5-9(16)8(15)4-10(11)17/h4-6H,2-3H2,1H3,(H,18,19,20). The van der Waals surface area contributed by atoms with Crippen LogP contribution in [-0.2, 0) is 0 Å². The molecule has 0 bridgehead atoms. The largest absolute Gasteiger partial charge is 0.436 e. The van der Waals surface area contributed by atoms with Gasteiger partial charge in [-0.15, -0.1) is 0 Å². The van der Waals surface area contributed by atoms with Crippen molar-refractivity contribution < 1.29 is 4.74 Å². The van der Waals surface area contributed by atoms with Gasteiger partial charge in [0.15, 0.2) is 0 Å². The summed E-state index contributed by atoms with van der Waals surface area (Å²) in [6, 6.07) is 3.06. The number of rotatable bonds is 5. The molecule has 0 aliphatic carbocycles. The van der Waals surface area contributed by atoms with Crippen LogP contribution in [0.25, 0.3) is 0 Å². The van der Waals surface area contributed by atoms with Gasteiger partial charge in [-0.05, 0) is 28.4 Å². The van der Waals surface area contributed by atoms with E-state index in [1.165, 1.54) is 6.07 Å². The zero-order chi connectivity index (χ0) is 15.4. The van der Waals surface area contributed by atoms with Crippen LogP contribution in [0.5, 0.6) is 11.6 Å². The third-order valence-corrected chi connectivity index (χ3v) is 3.99. The van der Waals surface area contributed by atoms with Crippen molar-refractivity contribution >= 4 is 56.7 Å². The number of anilines is 1. The van der Waals surface area contributed by atoms with Gasteiger partial charge in [0.25, 0.3) is 0 Å². The van der Waals surface area contributed by atoms with Gasteiger partial charge >= 0.3 is 0 Å². The quantitative estimate of drug-likeness (QED) is 0.631. The zero-order valence-electron chi connectivity index (χ0n) is 11.0. The van der Waals surface area contributed by atoms with E-state index in [0.29, 0.717) is 37.1 Å². The molecule has 8 heteroatoms. The summed E-state index contributed by atoms with van der Waals surface area (Å²) in [4.78, 5) is 8.42. The monoisotopic (exact) mass is 409 g/mol. The smallest absolute Gasteiger partial charge is 0.238 e. The molecule has 0 aliphatic rings. The molecule has 0 fully saturated rings. The normalized spacial score (nSPS) is 10.5. The van der Waals surface area contributed by atoms with E-state index in [0.717, 1.165) is 13.0 Å². The third kappa shape index (κ3) is 4.36. The van der Waals surface area contributed by atoms with Gasteiger partial charge in [0.05, 0.1) is 25.7 Å². The van der Waals surface area contributed by atoms with E-state index in [2.05, 4.69) is 38.1 Å². The summed E-state index contributed by atoms with van der Waals surface area (Å²) in [5.74, 6) is 1.18. The molecular weight excluding hydrogens is 400 g/mol. The lowest BCUT2D eigenvalue weighted by Gasteiger charge is -2.11. The molecule has 0 atom stereocenters. The molecule has 0 amide bonds. The molecule has 1 N–H and O–H groups in total. The van der Waals surface area contributed by atoms with Gasteiger partial charge in [0.2, 0.25) is 11.8 Å². The van der Waals surface area contributed by atoms with Crippen molar-refractivity contribution in [3.63, 3.8) is 0 Å². The molecule has 0 aliphatic heterocycles. The van der Waals surface area contributed by atoms with Gasteiger partial charge in [-0.25, -0.2) is 4.98 Å². The van der Waals surface area contributed by atoms with Crippen LogP contribution in [0.3, 0.4) is 0 Å². The van der Waals surface area contributed by atoms with Crippen LogP contribution in [0.15, 0.2) is 22.8 Å². The SMILES string of the molecule is CCCNc1ncc(Br)c(Oc2cc(Cl)c(Cl)cc2Cl)n1. The summed E-state index contributed by atoms with van der Waals surface area (Å²) in [5, 5.41) is 4.14. The van der Waals surface area contributed by atoms with Crippen molar-refractivity contribution in [2.45, 2.75) is 13.3 Å². The van der Waals surface area contributed by atoms with Gasteiger partial charge < -0.3 is 10.1 Å². The second kappa shape index (κ2) is 7.49. The predicted molar refractivity (Wildman–Crippen MR) is 90.1 cm³/mol. The maximum absolute atomic E-state index is 6.08. The van der Waals surface area contributed by atoms with E-state index >= 15 is 0 Å². The average Bonchev–Trinajstić information content (AvgIpc) is 2.45. The lowest BCUT2D eigenvalue weighted by Crippen LogP contribution is -2.05. The first-order chi connectivity index (χ1) is 10.0. The van der Waals surface area contributed by atoms with Crippen LogP contribution in [0.4, 0.5) is 5.95 Å². The van der Waals surface area contributed by atoms with Crippen molar-refractivity contribution in [1.82, 2.24) is 9.97 Å². The van der Waals surface area contributed by atoms with Crippen molar-refractivity contribution in [1.29, 1.82) is 0 Å². The molecule has 0 unspecified atom stereocenters. The molecule has 1 aromatic carbocycles. The molecule has 2 aromatic rings. The van der Waals surface area contributed by atoms with Crippen molar-refractivity contribution in [3.05, 3.63) is 37.9 Å². The summed E-state index contributed by atoms with van der Waals surface area (Å²) in [6.45, 7) is 2.83. The minimum absolute atomic E-state index is 0.337. The van der Waals surface area contributed by atoms with E-state index in [1.807, 2.05) is 0 Å². The molecular formula is C13H11BrCl3N3O. The topological polar surface area (TPSA) is 47.0 Å². The van der Waals surface area contributed by atoms with Crippen molar-refractivity contribution in [2.75, 3.05) is 11.9 Å². The molecule has 2 rings (SSSR count). The number of hydrogen-bond donors (Lipinski definition) is 1. The van der Waals surface area contributed by atoms with Crippen LogP contribution < -0.4 is 10.1 Å². The first-order valence-electron chi connectivity index (χ1n) is 6.10. The van der Waals surface area contributed by atoms with E-state index in [1.54, 1.807) is 12.3 Å². The summed E-state index contributed by atoms with van der Waals surface area (Å²) in [7, 11) is 0. The average molecular weight is 412 g/mol. The molecule has 112 valence electrons. The molecule has 0 saturated heterocycles. The number of halogens is 4. The number of aromatic nitrogens is 2. The lowest BCUT2D eigenvalue weighted by molar-refractivity contribution is 0.459. The Bertz CT molecular complexity index is 655. The summed E-state index contributed by atoms with van der Waals surface area (Å²) in [5.41, 5.74) is 0. The Morgan fingerprint density at radius 1 is 1.19 bits per heavy atom. The minimum atomic E-state index is 0.337.